The lowest BCUT2D eigenvalue weighted by Crippen LogP contribution is -2.35. The first-order valence-corrected chi connectivity index (χ1v) is 15.9. The second-order valence-corrected chi connectivity index (χ2v) is 14.2. The predicted octanol–water partition coefficient (Wildman–Crippen LogP) is 9.47. The molecule has 0 N–H and O–H groups in total. The third-order valence-corrected chi connectivity index (χ3v) is 8.50. The van der Waals surface area contributed by atoms with E-state index in [1.807, 2.05) is 84.0 Å². The van der Waals surface area contributed by atoms with E-state index in [0.717, 1.165) is 16.3 Å². The van der Waals surface area contributed by atoms with Gasteiger partial charge in [0.1, 0.15) is 17.9 Å². The van der Waals surface area contributed by atoms with Crippen LogP contribution in [0.1, 0.15) is 71.6 Å². The largest absolute Gasteiger partial charge is 0.493 e. The molecule has 0 saturated heterocycles. The summed E-state index contributed by atoms with van der Waals surface area (Å²) >= 11 is 0. The van der Waals surface area contributed by atoms with Gasteiger partial charge in [0, 0.05) is 13.3 Å². The predicted molar refractivity (Wildman–Crippen MR) is 169 cm³/mol. The Balaban J connectivity index is 1.43. The summed E-state index contributed by atoms with van der Waals surface area (Å²) < 4.78 is 72.0. The van der Waals surface area contributed by atoms with Gasteiger partial charge in [-0.2, -0.15) is 13.2 Å². The molecule has 0 radical (unpaired) electrons. The van der Waals surface area contributed by atoms with Crippen molar-refractivity contribution in [3.63, 3.8) is 0 Å². The quantitative estimate of drug-likeness (QED) is 0.186. The van der Waals surface area contributed by atoms with Crippen LogP contribution in [0, 0.1) is 0 Å². The van der Waals surface area contributed by atoms with Crippen molar-refractivity contribution in [2.45, 2.75) is 90.6 Å². The number of nitrogens with zero attached hydrogens (tertiary/aromatic N) is 1. The highest BCUT2D eigenvalue weighted by Gasteiger charge is 2.39. The Morgan fingerprint density at radius 1 is 0.841 bits per heavy atom. The maximum atomic E-state index is 14.1. The van der Waals surface area contributed by atoms with Gasteiger partial charge in [-0.05, 0) is 88.4 Å². The van der Waals surface area contributed by atoms with Crippen LogP contribution in [-0.2, 0) is 37.3 Å². The molecule has 4 rings (SSSR count). The normalized spacial score (nSPS) is 17.7. The van der Waals surface area contributed by atoms with E-state index in [4.69, 9.17) is 28.0 Å². The first-order chi connectivity index (χ1) is 20.5. The first-order valence-electron chi connectivity index (χ1n) is 14.8. The van der Waals surface area contributed by atoms with Gasteiger partial charge in [-0.1, -0.05) is 48.5 Å². The smallest absolute Gasteiger partial charge is 0.419 e. The third kappa shape index (κ3) is 10.2. The minimum Gasteiger partial charge on any atom is -0.493 e. The van der Waals surface area contributed by atoms with Crippen molar-refractivity contribution in [1.82, 2.24) is 0 Å². The molecule has 3 aromatic rings. The number of alkyl halides is 3. The van der Waals surface area contributed by atoms with E-state index in [0.29, 0.717) is 30.7 Å². The Hall–Kier alpha value is -2.71. The molecule has 1 aliphatic rings. The minimum atomic E-state index is -4.56. The molecule has 0 bridgehead atoms. The lowest BCUT2D eigenvalue weighted by molar-refractivity contribution is -0.139. The summed E-state index contributed by atoms with van der Waals surface area (Å²) in [5.74, 6) is 0.333. The van der Waals surface area contributed by atoms with Crippen molar-refractivity contribution < 1.29 is 36.2 Å². The van der Waals surface area contributed by atoms with Crippen molar-refractivity contribution in [1.29, 1.82) is 0 Å². The standard InChI is InChI=1S/C34H43F3NO5P/c1-24-38-33(22-40-24,23-41-44(42-31(2,3)4)43-32(5,6)7)18-16-25-13-15-30(29(21-25)34(35,36)37)39-19-17-26-12-14-27-10-8-9-11-28(27)20-26/h8-15,20-21H,16-19,22-23H2,1-7H3. The van der Waals surface area contributed by atoms with Gasteiger partial charge >= 0.3 is 14.8 Å². The van der Waals surface area contributed by atoms with Crippen LogP contribution < -0.4 is 4.74 Å². The van der Waals surface area contributed by atoms with Crippen LogP contribution in [0.15, 0.2) is 65.7 Å². The van der Waals surface area contributed by atoms with Gasteiger partial charge in [0.05, 0.1) is 30.0 Å². The van der Waals surface area contributed by atoms with Crippen molar-refractivity contribution >= 4 is 25.3 Å². The molecule has 1 unspecified atom stereocenters. The van der Waals surface area contributed by atoms with E-state index in [9.17, 15) is 13.2 Å². The summed E-state index contributed by atoms with van der Waals surface area (Å²) in [6.45, 7) is 13.8. The lowest BCUT2D eigenvalue weighted by Gasteiger charge is -2.32. The highest BCUT2D eigenvalue weighted by Crippen LogP contribution is 2.48. The Morgan fingerprint density at radius 2 is 1.48 bits per heavy atom. The summed E-state index contributed by atoms with van der Waals surface area (Å²) in [7, 11) is -1.71. The van der Waals surface area contributed by atoms with Crippen LogP contribution in [0.5, 0.6) is 5.75 Å². The van der Waals surface area contributed by atoms with E-state index < -0.39 is 37.1 Å². The molecule has 10 heteroatoms. The van der Waals surface area contributed by atoms with Crippen molar-refractivity contribution in [2.24, 2.45) is 4.99 Å². The number of hydrogen-bond acceptors (Lipinski definition) is 6. The first kappa shape index (κ1) is 34.2. The minimum absolute atomic E-state index is 0.128. The van der Waals surface area contributed by atoms with Gasteiger partial charge in [-0.25, -0.2) is 4.99 Å². The molecule has 0 aromatic heterocycles. The molecule has 0 amide bonds. The second-order valence-electron chi connectivity index (χ2n) is 13.2. The van der Waals surface area contributed by atoms with E-state index in [2.05, 4.69) is 0 Å². The van der Waals surface area contributed by atoms with Gasteiger partial charge < -0.3 is 23.0 Å². The zero-order valence-electron chi connectivity index (χ0n) is 26.6. The summed E-state index contributed by atoms with van der Waals surface area (Å²) in [4.78, 5) is 4.70. The number of ether oxygens (including phenoxy) is 2. The summed E-state index contributed by atoms with van der Waals surface area (Å²) in [5.41, 5.74) is -1.04. The highest BCUT2D eigenvalue weighted by molar-refractivity contribution is 7.41. The molecule has 1 atom stereocenters. The average Bonchev–Trinajstić information content (AvgIpc) is 3.29. The fourth-order valence-electron chi connectivity index (χ4n) is 4.73. The maximum absolute atomic E-state index is 14.1. The highest BCUT2D eigenvalue weighted by atomic mass is 31.2. The number of benzene rings is 3. The molecule has 3 aromatic carbocycles. The summed E-state index contributed by atoms with van der Waals surface area (Å²) in [6.07, 6.45) is -3.32. The Labute approximate surface area is 259 Å². The Morgan fingerprint density at radius 3 is 2.09 bits per heavy atom. The molecule has 240 valence electrons. The number of rotatable bonds is 12. The molecular weight excluding hydrogens is 590 g/mol. The van der Waals surface area contributed by atoms with Crippen molar-refractivity contribution in [3.05, 3.63) is 77.4 Å². The molecule has 0 aliphatic carbocycles. The topological polar surface area (TPSA) is 58.5 Å². The number of aliphatic imine (C=N–C) groups is 1. The summed E-state index contributed by atoms with van der Waals surface area (Å²) in [5, 5.41) is 2.20. The molecule has 0 spiro atoms. The number of aryl methyl sites for hydroxylation is 1. The number of hydrogen-bond donors (Lipinski definition) is 0. The second kappa shape index (κ2) is 13.7. The number of halogens is 3. The molecule has 6 nitrogen and oxygen atoms in total. The van der Waals surface area contributed by atoms with Crippen molar-refractivity contribution in [2.75, 3.05) is 19.8 Å². The Kier molecular flexibility index (Phi) is 10.7. The van der Waals surface area contributed by atoms with Gasteiger partial charge in [0.25, 0.3) is 0 Å². The summed E-state index contributed by atoms with van der Waals surface area (Å²) in [6, 6.07) is 18.3. The fraction of sp³-hybridized carbons (Fsp3) is 0.500. The molecule has 0 fully saturated rings. The van der Waals surface area contributed by atoms with E-state index in [1.165, 1.54) is 12.1 Å². The third-order valence-electron chi connectivity index (χ3n) is 6.77. The fourth-order valence-corrected chi connectivity index (χ4v) is 6.12. The zero-order valence-corrected chi connectivity index (χ0v) is 27.5. The van der Waals surface area contributed by atoms with Crippen LogP contribution >= 0.6 is 8.60 Å². The average molecular weight is 634 g/mol. The SMILES string of the molecule is CC1=NC(CCc2ccc(OCCc3ccc4ccccc4c3)c(C(F)(F)F)c2)(COP(OC(C)(C)C)OC(C)(C)C)CO1. The van der Waals surface area contributed by atoms with Crippen LogP contribution in [-0.4, -0.2) is 42.5 Å². The van der Waals surface area contributed by atoms with E-state index in [1.54, 1.807) is 13.0 Å². The molecule has 44 heavy (non-hydrogen) atoms. The lowest BCUT2D eigenvalue weighted by atomic mass is 9.93. The van der Waals surface area contributed by atoms with Crippen LogP contribution in [0.25, 0.3) is 10.8 Å². The van der Waals surface area contributed by atoms with Crippen LogP contribution in [0.4, 0.5) is 13.2 Å². The molecule has 0 saturated carbocycles. The van der Waals surface area contributed by atoms with Gasteiger partial charge in [-0.3, -0.25) is 0 Å². The maximum Gasteiger partial charge on any atom is 0.419 e. The van der Waals surface area contributed by atoms with Crippen LogP contribution in [0.2, 0.25) is 0 Å². The van der Waals surface area contributed by atoms with Gasteiger partial charge in [0.2, 0.25) is 0 Å². The van der Waals surface area contributed by atoms with Gasteiger partial charge in [0.15, 0.2) is 5.90 Å². The van der Waals surface area contributed by atoms with Crippen LogP contribution in [0.3, 0.4) is 0 Å². The molecule has 1 heterocycles. The van der Waals surface area contributed by atoms with E-state index >= 15 is 0 Å². The number of fused-ring (bicyclic) bond motifs is 1. The molecular formula is C34H43F3NO5P. The Bertz CT molecular complexity index is 1430. The van der Waals surface area contributed by atoms with E-state index in [-0.39, 0.29) is 25.6 Å². The van der Waals surface area contributed by atoms with Gasteiger partial charge in [-0.15, -0.1) is 0 Å². The zero-order chi connectivity index (χ0) is 32.2. The molecule has 1 aliphatic heterocycles. The van der Waals surface area contributed by atoms with Crippen molar-refractivity contribution in [3.8, 4) is 5.75 Å². The monoisotopic (exact) mass is 633 g/mol.